The molecule has 14 heavy (non-hydrogen) atoms. The van der Waals surface area contributed by atoms with Crippen LogP contribution in [0.3, 0.4) is 0 Å². The van der Waals surface area contributed by atoms with Crippen molar-refractivity contribution in [1.82, 2.24) is 0 Å². The van der Waals surface area contributed by atoms with E-state index in [4.69, 9.17) is 0 Å². The quantitative estimate of drug-likeness (QED) is 0.493. The summed E-state index contributed by atoms with van der Waals surface area (Å²) in [5, 5.41) is -0.202. The van der Waals surface area contributed by atoms with Crippen LogP contribution in [0.4, 0.5) is 8.78 Å². The molecule has 0 aliphatic carbocycles. The molecule has 84 valence electrons. The summed E-state index contributed by atoms with van der Waals surface area (Å²) in [4.78, 5) is 10.9. The van der Waals surface area contributed by atoms with Crippen LogP contribution in [0, 0.1) is 0 Å². The third-order valence-electron chi connectivity index (χ3n) is 1.72. The van der Waals surface area contributed by atoms with Gasteiger partial charge in [0.25, 0.3) is 0 Å². The van der Waals surface area contributed by atoms with Crippen LogP contribution in [0.2, 0.25) is 0 Å². The van der Waals surface area contributed by atoms with Crippen molar-refractivity contribution in [2.24, 2.45) is 0 Å². The molecule has 0 spiro atoms. The zero-order valence-electron chi connectivity index (χ0n) is 8.46. The summed E-state index contributed by atoms with van der Waals surface area (Å²) in [5.41, 5.74) is 0. The number of ether oxygens (including phenoxy) is 1. The zero-order chi connectivity index (χ0) is 11.0. The van der Waals surface area contributed by atoms with Gasteiger partial charge in [0.15, 0.2) is 0 Å². The van der Waals surface area contributed by atoms with E-state index in [0.29, 0.717) is 6.42 Å². The van der Waals surface area contributed by atoms with E-state index in [2.05, 4.69) is 4.74 Å². The van der Waals surface area contributed by atoms with E-state index in [1.807, 2.05) is 0 Å². The molecule has 2 nitrogen and oxygen atoms in total. The van der Waals surface area contributed by atoms with Crippen molar-refractivity contribution in [2.45, 2.75) is 37.9 Å². The highest BCUT2D eigenvalue weighted by atomic mass is 32.2. The number of thioether (sulfide) groups is 1. The predicted molar refractivity (Wildman–Crippen MR) is 53.8 cm³/mol. The van der Waals surface area contributed by atoms with Gasteiger partial charge >= 0.3 is 5.97 Å². The number of hydrogen-bond acceptors (Lipinski definition) is 3. The molecular formula is C9H16F2O2S. The monoisotopic (exact) mass is 226 g/mol. The summed E-state index contributed by atoms with van der Waals surface area (Å²) in [5.74, 6) is 0.465. The lowest BCUT2D eigenvalue weighted by molar-refractivity contribution is -0.139. The molecule has 0 radical (unpaired) electrons. The standard InChI is InChI=1S/C9H16F2O2S/c1-7(9(12)13-2)14-6-4-3-5-8(10)11/h7-8H,3-6H2,1-2H3. The molecular weight excluding hydrogens is 210 g/mol. The van der Waals surface area contributed by atoms with Crippen molar-refractivity contribution in [3.8, 4) is 0 Å². The van der Waals surface area contributed by atoms with Crippen LogP contribution >= 0.6 is 11.8 Å². The Bertz CT molecular complexity index is 165. The summed E-state index contributed by atoms with van der Waals surface area (Å²) >= 11 is 1.44. The van der Waals surface area contributed by atoms with Gasteiger partial charge in [-0.3, -0.25) is 4.79 Å². The third-order valence-corrected chi connectivity index (χ3v) is 2.93. The van der Waals surface area contributed by atoms with Crippen molar-refractivity contribution >= 4 is 17.7 Å². The van der Waals surface area contributed by atoms with Gasteiger partial charge in [0.05, 0.1) is 12.4 Å². The minimum atomic E-state index is -2.21. The highest BCUT2D eigenvalue weighted by Crippen LogP contribution is 2.15. The molecule has 0 aromatic heterocycles. The second-order valence-corrected chi connectivity index (χ2v) is 4.37. The summed E-state index contributed by atoms with van der Waals surface area (Å²) in [6.07, 6.45) is -1.03. The first kappa shape index (κ1) is 13.7. The van der Waals surface area contributed by atoms with Crippen LogP contribution in [-0.2, 0) is 9.53 Å². The molecule has 0 N–H and O–H groups in total. The van der Waals surface area contributed by atoms with Crippen LogP contribution in [0.15, 0.2) is 0 Å². The highest BCUT2D eigenvalue weighted by molar-refractivity contribution is 8.00. The molecule has 1 unspecified atom stereocenters. The molecule has 0 aliphatic heterocycles. The maximum Gasteiger partial charge on any atom is 0.318 e. The first-order valence-corrected chi connectivity index (χ1v) is 5.60. The average molecular weight is 226 g/mol. The molecule has 0 aliphatic rings. The van der Waals surface area contributed by atoms with Gasteiger partial charge in [0.2, 0.25) is 6.43 Å². The maximum atomic E-state index is 11.7. The van der Waals surface area contributed by atoms with Gasteiger partial charge < -0.3 is 4.74 Å². The van der Waals surface area contributed by atoms with Crippen molar-refractivity contribution in [3.63, 3.8) is 0 Å². The van der Waals surface area contributed by atoms with E-state index in [1.54, 1.807) is 6.92 Å². The molecule has 0 rings (SSSR count). The Balaban J connectivity index is 3.31. The SMILES string of the molecule is COC(=O)C(C)SCCCCC(F)F. The summed E-state index contributed by atoms with van der Waals surface area (Å²) in [6.45, 7) is 1.75. The number of carbonyl (C=O) groups excluding carboxylic acids is 1. The van der Waals surface area contributed by atoms with Gasteiger partial charge in [-0.1, -0.05) is 0 Å². The number of methoxy groups -OCH3 is 1. The van der Waals surface area contributed by atoms with Gasteiger partial charge in [-0.25, -0.2) is 8.78 Å². The molecule has 5 heteroatoms. The van der Waals surface area contributed by atoms with Crippen LogP contribution in [0.1, 0.15) is 26.2 Å². The van der Waals surface area contributed by atoms with E-state index in [-0.39, 0.29) is 17.6 Å². The van der Waals surface area contributed by atoms with Crippen molar-refractivity contribution in [3.05, 3.63) is 0 Å². The van der Waals surface area contributed by atoms with Gasteiger partial charge in [-0.2, -0.15) is 0 Å². The van der Waals surface area contributed by atoms with Gasteiger partial charge in [-0.05, 0) is 25.5 Å². The Morgan fingerprint density at radius 3 is 2.57 bits per heavy atom. The molecule has 0 heterocycles. The van der Waals surface area contributed by atoms with Crippen molar-refractivity contribution < 1.29 is 18.3 Å². The van der Waals surface area contributed by atoms with E-state index < -0.39 is 6.43 Å². The van der Waals surface area contributed by atoms with Gasteiger partial charge in [-0.15, -0.1) is 11.8 Å². The fourth-order valence-electron chi connectivity index (χ4n) is 0.895. The molecule has 0 aromatic rings. The van der Waals surface area contributed by atoms with E-state index in [1.165, 1.54) is 18.9 Å². The van der Waals surface area contributed by atoms with E-state index in [9.17, 15) is 13.6 Å². The fraction of sp³-hybridized carbons (Fsp3) is 0.889. The number of carbonyl (C=O) groups is 1. The van der Waals surface area contributed by atoms with Crippen molar-refractivity contribution in [1.29, 1.82) is 0 Å². The largest absolute Gasteiger partial charge is 0.468 e. The molecule has 0 saturated heterocycles. The van der Waals surface area contributed by atoms with E-state index >= 15 is 0 Å². The topological polar surface area (TPSA) is 26.3 Å². The highest BCUT2D eigenvalue weighted by Gasteiger charge is 2.12. The zero-order valence-corrected chi connectivity index (χ0v) is 9.28. The lowest BCUT2D eigenvalue weighted by Crippen LogP contribution is -2.15. The molecule has 0 aromatic carbocycles. The minimum absolute atomic E-state index is 0.0484. The fourth-order valence-corrected chi connectivity index (χ4v) is 1.85. The maximum absolute atomic E-state index is 11.7. The van der Waals surface area contributed by atoms with Crippen LogP contribution < -0.4 is 0 Å². The number of alkyl halides is 2. The summed E-state index contributed by atoms with van der Waals surface area (Å²) in [7, 11) is 1.34. The van der Waals surface area contributed by atoms with Gasteiger partial charge in [0, 0.05) is 6.42 Å². The number of unbranched alkanes of at least 4 members (excludes halogenated alkanes) is 1. The van der Waals surface area contributed by atoms with Crippen molar-refractivity contribution in [2.75, 3.05) is 12.9 Å². The Labute approximate surface area is 87.4 Å². The third kappa shape index (κ3) is 7.12. The Morgan fingerprint density at radius 2 is 2.07 bits per heavy atom. The lowest BCUT2D eigenvalue weighted by Gasteiger charge is -2.08. The van der Waals surface area contributed by atoms with Crippen LogP contribution in [0.5, 0.6) is 0 Å². The number of halogens is 2. The van der Waals surface area contributed by atoms with Crippen LogP contribution in [0.25, 0.3) is 0 Å². The molecule has 0 bridgehead atoms. The molecule has 0 amide bonds. The molecule has 1 atom stereocenters. The second kappa shape index (κ2) is 8.03. The second-order valence-electron chi connectivity index (χ2n) is 2.92. The number of rotatable bonds is 7. The summed E-state index contributed by atoms with van der Waals surface area (Å²) < 4.78 is 28.0. The Kier molecular flexibility index (Phi) is 7.84. The molecule has 0 fully saturated rings. The first-order chi connectivity index (χ1) is 6.57. The lowest BCUT2D eigenvalue weighted by atomic mass is 10.3. The number of esters is 1. The predicted octanol–water partition coefficient (Wildman–Crippen LogP) is 2.72. The average Bonchev–Trinajstić information content (AvgIpc) is 2.15. The van der Waals surface area contributed by atoms with Crippen LogP contribution in [-0.4, -0.2) is 30.5 Å². The first-order valence-electron chi connectivity index (χ1n) is 4.55. The number of hydrogen-bond donors (Lipinski definition) is 0. The smallest absolute Gasteiger partial charge is 0.318 e. The minimum Gasteiger partial charge on any atom is -0.468 e. The Morgan fingerprint density at radius 1 is 1.43 bits per heavy atom. The van der Waals surface area contributed by atoms with E-state index in [0.717, 1.165) is 12.2 Å². The normalized spacial score (nSPS) is 12.9. The Hall–Kier alpha value is -0.320. The summed E-state index contributed by atoms with van der Waals surface area (Å²) in [6, 6.07) is 0. The van der Waals surface area contributed by atoms with Gasteiger partial charge in [0.1, 0.15) is 0 Å². The molecule has 0 saturated carbocycles.